The Balaban J connectivity index is 3.11. The van der Waals surface area contributed by atoms with Crippen molar-refractivity contribution in [2.75, 3.05) is 20.6 Å². The fourth-order valence-corrected chi connectivity index (χ4v) is 3.63. The summed E-state index contributed by atoms with van der Waals surface area (Å²) < 4.78 is 0. The van der Waals surface area contributed by atoms with Gasteiger partial charge in [0.1, 0.15) is 6.17 Å². The molecule has 0 radical (unpaired) electrons. The van der Waals surface area contributed by atoms with Crippen LogP contribution in [-0.2, 0) is 0 Å². The van der Waals surface area contributed by atoms with Crippen molar-refractivity contribution < 1.29 is 0 Å². The van der Waals surface area contributed by atoms with Gasteiger partial charge in [-0.2, -0.15) is 0 Å². The molecule has 0 aromatic rings. The number of rotatable bonds is 12. The topological polar surface area (TPSA) is 40.3 Å². The summed E-state index contributed by atoms with van der Waals surface area (Å²) in [5.74, 6) is 0. The van der Waals surface area contributed by atoms with Gasteiger partial charge >= 0.3 is 0 Å². The lowest BCUT2D eigenvalue weighted by Gasteiger charge is -2.32. The van der Waals surface area contributed by atoms with Gasteiger partial charge in [-0.15, -0.1) is 0 Å². The molecule has 1 heterocycles. The molecule has 1 atom stereocenters. The van der Waals surface area contributed by atoms with Crippen LogP contribution in [0.3, 0.4) is 0 Å². The SMILES string of the molecule is CC=C(/C=C\C(=C/C)CC)C\N=C/C(=C\C(=C\C)CC)CC1=CC=NC(C(/C=N\C)=C/C)N1C. The van der Waals surface area contributed by atoms with Crippen molar-refractivity contribution >= 4 is 18.6 Å². The monoisotopic (exact) mass is 460 g/mol. The van der Waals surface area contributed by atoms with Crippen LogP contribution < -0.4 is 0 Å². The van der Waals surface area contributed by atoms with Crippen LogP contribution in [-0.4, -0.2) is 50.3 Å². The van der Waals surface area contributed by atoms with Crippen molar-refractivity contribution in [3.8, 4) is 0 Å². The van der Waals surface area contributed by atoms with E-state index in [9.17, 15) is 0 Å². The lowest BCUT2D eigenvalue weighted by molar-refractivity contribution is 0.346. The summed E-state index contributed by atoms with van der Waals surface area (Å²) >= 11 is 0. The second kappa shape index (κ2) is 16.6. The predicted molar refractivity (Wildman–Crippen MR) is 153 cm³/mol. The van der Waals surface area contributed by atoms with Gasteiger partial charge in [0.05, 0.1) is 6.54 Å². The number of likely N-dealkylation sites (N-methyl/N-ethyl adjacent to an activating group) is 1. The largest absolute Gasteiger partial charge is 0.352 e. The van der Waals surface area contributed by atoms with E-state index in [1.54, 1.807) is 7.05 Å². The van der Waals surface area contributed by atoms with Gasteiger partial charge in [-0.05, 0) is 57.8 Å². The Hall–Kier alpha value is -3.01. The minimum atomic E-state index is -0.0570. The maximum atomic E-state index is 4.81. The fourth-order valence-electron chi connectivity index (χ4n) is 3.63. The molecule has 1 aliphatic rings. The molecule has 0 saturated carbocycles. The molecular weight excluding hydrogens is 416 g/mol. The maximum Gasteiger partial charge on any atom is 0.147 e. The van der Waals surface area contributed by atoms with E-state index in [1.165, 1.54) is 28.0 Å². The average Bonchev–Trinajstić information content (AvgIpc) is 2.86. The first-order valence-corrected chi connectivity index (χ1v) is 12.3. The number of hydrogen-bond acceptors (Lipinski definition) is 4. The van der Waals surface area contributed by atoms with Crippen molar-refractivity contribution in [1.29, 1.82) is 0 Å². The molecule has 184 valence electrons. The van der Waals surface area contributed by atoms with E-state index in [0.29, 0.717) is 6.54 Å². The van der Waals surface area contributed by atoms with Gasteiger partial charge in [0.25, 0.3) is 0 Å². The molecule has 1 rings (SSSR count). The van der Waals surface area contributed by atoms with E-state index in [4.69, 9.17) is 4.99 Å². The van der Waals surface area contributed by atoms with Crippen LogP contribution in [0.4, 0.5) is 0 Å². The zero-order valence-electron chi connectivity index (χ0n) is 22.5. The van der Waals surface area contributed by atoms with Gasteiger partial charge in [-0.1, -0.05) is 67.5 Å². The zero-order valence-corrected chi connectivity index (χ0v) is 22.5. The third kappa shape index (κ3) is 9.46. The van der Waals surface area contributed by atoms with E-state index in [-0.39, 0.29) is 6.17 Å². The van der Waals surface area contributed by atoms with Crippen LogP contribution in [0, 0.1) is 0 Å². The number of nitrogens with zero attached hydrogens (tertiary/aromatic N) is 4. The molecule has 0 N–H and O–H groups in total. The molecule has 4 nitrogen and oxygen atoms in total. The summed E-state index contributed by atoms with van der Waals surface area (Å²) in [4.78, 5) is 15.9. The van der Waals surface area contributed by atoms with E-state index < -0.39 is 0 Å². The second-order valence-electron chi connectivity index (χ2n) is 8.11. The zero-order chi connectivity index (χ0) is 25.3. The molecule has 0 bridgehead atoms. The Bertz CT molecular complexity index is 946. The first-order chi connectivity index (χ1) is 16.5. The Labute approximate surface area is 208 Å². The summed E-state index contributed by atoms with van der Waals surface area (Å²) in [7, 11) is 3.89. The minimum absolute atomic E-state index is 0.0570. The van der Waals surface area contributed by atoms with E-state index in [2.05, 4.69) is 105 Å². The van der Waals surface area contributed by atoms with Crippen LogP contribution >= 0.6 is 0 Å². The highest BCUT2D eigenvalue weighted by Gasteiger charge is 2.21. The van der Waals surface area contributed by atoms with Crippen molar-refractivity contribution in [2.24, 2.45) is 15.0 Å². The quantitative estimate of drug-likeness (QED) is 0.220. The van der Waals surface area contributed by atoms with Gasteiger partial charge in [-0.25, -0.2) is 0 Å². The van der Waals surface area contributed by atoms with Gasteiger partial charge < -0.3 is 4.90 Å². The summed E-state index contributed by atoms with van der Waals surface area (Å²) in [6.45, 7) is 13.3. The van der Waals surface area contributed by atoms with Crippen LogP contribution in [0.5, 0.6) is 0 Å². The lowest BCUT2D eigenvalue weighted by Crippen LogP contribution is -2.34. The van der Waals surface area contributed by atoms with E-state index >= 15 is 0 Å². The van der Waals surface area contributed by atoms with E-state index in [1.807, 2.05) is 25.6 Å². The molecule has 0 aromatic carbocycles. The summed E-state index contributed by atoms with van der Waals surface area (Å²) in [6, 6.07) is 0. The summed E-state index contributed by atoms with van der Waals surface area (Å²) in [5, 5.41) is 0. The van der Waals surface area contributed by atoms with Crippen LogP contribution in [0.2, 0.25) is 0 Å². The van der Waals surface area contributed by atoms with Crippen LogP contribution in [0.15, 0.2) is 97.1 Å². The van der Waals surface area contributed by atoms with Crippen molar-refractivity contribution in [3.63, 3.8) is 0 Å². The smallest absolute Gasteiger partial charge is 0.147 e. The van der Waals surface area contributed by atoms with Crippen molar-refractivity contribution in [3.05, 3.63) is 82.2 Å². The first-order valence-electron chi connectivity index (χ1n) is 12.3. The molecule has 0 saturated heterocycles. The maximum absolute atomic E-state index is 4.81. The molecule has 4 heteroatoms. The van der Waals surface area contributed by atoms with Crippen molar-refractivity contribution in [1.82, 2.24) is 4.90 Å². The van der Waals surface area contributed by atoms with Gasteiger partial charge in [0, 0.05) is 50.4 Å². The third-order valence-electron chi connectivity index (χ3n) is 5.95. The number of allylic oxidation sites excluding steroid dienone is 10. The van der Waals surface area contributed by atoms with Gasteiger partial charge in [0.15, 0.2) is 0 Å². The summed E-state index contributed by atoms with van der Waals surface area (Å²) in [6.07, 6.45) is 25.9. The normalized spacial score (nSPS) is 19.3. The number of hydrogen-bond donors (Lipinski definition) is 0. The first kappa shape index (κ1) is 29.0. The molecule has 0 aromatic heterocycles. The molecule has 1 unspecified atom stereocenters. The Morgan fingerprint density at radius 1 is 0.912 bits per heavy atom. The molecule has 0 fully saturated rings. The van der Waals surface area contributed by atoms with Crippen LogP contribution in [0.1, 0.15) is 60.8 Å². The Kier molecular flexibility index (Phi) is 14.2. The second-order valence-corrected chi connectivity index (χ2v) is 8.11. The standard InChI is InChI=1S/C30H44N4/c1-9-24(10-2)15-16-26(13-5)21-32-22-27(19-25(11-3)12-4)20-29-17-18-33-30(34(29)8)28(14-6)23-31-7/h9,11,13-19,22-23,30H,10,12,20-21H2,1-8H3/b16-15-,24-9-,25-11+,26-13?,27-19-,28-14+,31-23-,32-22-. The minimum Gasteiger partial charge on any atom is -0.352 e. The van der Waals surface area contributed by atoms with Crippen molar-refractivity contribution in [2.45, 2.75) is 67.0 Å². The predicted octanol–water partition coefficient (Wildman–Crippen LogP) is 7.46. The highest BCUT2D eigenvalue weighted by Crippen LogP contribution is 2.23. The van der Waals surface area contributed by atoms with Gasteiger partial charge in [-0.3, -0.25) is 15.0 Å². The van der Waals surface area contributed by atoms with Gasteiger partial charge in [0.2, 0.25) is 0 Å². The Morgan fingerprint density at radius 3 is 2.12 bits per heavy atom. The number of aliphatic imine (C=N–C) groups is 3. The molecule has 0 aliphatic carbocycles. The molecule has 34 heavy (non-hydrogen) atoms. The highest BCUT2D eigenvalue weighted by atomic mass is 15.2. The summed E-state index contributed by atoms with van der Waals surface area (Å²) in [5.41, 5.74) is 7.34. The molecule has 0 amide bonds. The third-order valence-corrected chi connectivity index (χ3v) is 5.95. The fraction of sp³-hybridized carbons (Fsp3) is 0.433. The lowest BCUT2D eigenvalue weighted by atomic mass is 10.0. The molecular formula is C30H44N4. The van der Waals surface area contributed by atoms with Crippen LogP contribution in [0.25, 0.3) is 0 Å². The Morgan fingerprint density at radius 2 is 1.56 bits per heavy atom. The molecule has 1 aliphatic heterocycles. The average molecular weight is 461 g/mol. The van der Waals surface area contributed by atoms with E-state index in [0.717, 1.165) is 24.8 Å². The highest BCUT2D eigenvalue weighted by molar-refractivity contribution is 5.83. The molecule has 0 spiro atoms.